The normalized spacial score (nSPS) is 11.8. The number of nitrogens with zero attached hydrogens (tertiary/aromatic N) is 1. The lowest BCUT2D eigenvalue weighted by molar-refractivity contribution is -0.133. The molecule has 1 N–H and O–H groups in total. The minimum Gasteiger partial charge on any atom is -0.478 e. The zero-order valence-corrected chi connectivity index (χ0v) is 13.0. The van der Waals surface area contributed by atoms with Crippen LogP contribution in [0.25, 0.3) is 0 Å². The van der Waals surface area contributed by atoms with Crippen LogP contribution in [-0.4, -0.2) is 35.2 Å². The number of amides is 1. The molecule has 0 bridgehead atoms. The summed E-state index contributed by atoms with van der Waals surface area (Å²) >= 11 is 1.66. The topological polar surface area (TPSA) is 57.6 Å². The first-order valence-corrected chi connectivity index (χ1v) is 7.38. The highest BCUT2D eigenvalue weighted by Gasteiger charge is 2.16. The first-order chi connectivity index (χ1) is 9.36. The molecule has 0 aliphatic heterocycles. The van der Waals surface area contributed by atoms with Crippen LogP contribution in [0.1, 0.15) is 19.4 Å². The molecule has 0 spiro atoms. The van der Waals surface area contributed by atoms with Crippen LogP contribution >= 0.6 is 11.8 Å². The van der Waals surface area contributed by atoms with Crippen LogP contribution in [0.5, 0.6) is 0 Å². The third-order valence-corrected chi connectivity index (χ3v) is 3.87. The molecule has 0 unspecified atom stereocenters. The molecule has 1 amide bonds. The van der Waals surface area contributed by atoms with Crippen molar-refractivity contribution in [2.75, 3.05) is 13.3 Å². The average Bonchev–Trinajstić information content (AvgIpc) is 2.45. The Kier molecular flexibility index (Phi) is 5.82. The van der Waals surface area contributed by atoms with Crippen LogP contribution in [0, 0.1) is 0 Å². The first-order valence-electron chi connectivity index (χ1n) is 6.16. The molecule has 4 nitrogen and oxygen atoms in total. The van der Waals surface area contributed by atoms with Gasteiger partial charge in [-0.1, -0.05) is 12.1 Å². The smallest absolute Gasteiger partial charge is 0.331 e. The number of benzene rings is 1. The van der Waals surface area contributed by atoms with E-state index in [2.05, 4.69) is 0 Å². The number of hydrogen-bond acceptors (Lipinski definition) is 3. The highest BCUT2D eigenvalue weighted by Crippen LogP contribution is 2.16. The van der Waals surface area contributed by atoms with Crippen molar-refractivity contribution >= 4 is 23.6 Å². The maximum Gasteiger partial charge on any atom is 0.331 e. The second-order valence-corrected chi connectivity index (χ2v) is 5.44. The molecular weight excluding hydrogens is 274 g/mol. The Balaban J connectivity index is 2.80. The van der Waals surface area contributed by atoms with E-state index in [4.69, 9.17) is 5.11 Å². The Morgan fingerprint density at radius 3 is 2.15 bits per heavy atom. The van der Waals surface area contributed by atoms with Gasteiger partial charge in [-0.25, -0.2) is 4.79 Å². The maximum atomic E-state index is 12.1. The fourth-order valence-electron chi connectivity index (χ4n) is 1.68. The van der Waals surface area contributed by atoms with Gasteiger partial charge in [-0.3, -0.25) is 4.79 Å². The summed E-state index contributed by atoms with van der Waals surface area (Å²) < 4.78 is 0. The molecular formula is C15H19NO3S. The van der Waals surface area contributed by atoms with E-state index in [9.17, 15) is 9.59 Å². The van der Waals surface area contributed by atoms with E-state index in [-0.39, 0.29) is 17.1 Å². The number of hydrogen-bond donors (Lipinski definition) is 1. The van der Waals surface area contributed by atoms with Gasteiger partial charge < -0.3 is 10.0 Å². The number of carbonyl (C=O) groups is 2. The van der Waals surface area contributed by atoms with Crippen LogP contribution in [0.3, 0.4) is 0 Å². The summed E-state index contributed by atoms with van der Waals surface area (Å²) in [6.07, 6.45) is 2.01. The van der Waals surface area contributed by atoms with Crippen molar-refractivity contribution in [3.05, 3.63) is 41.0 Å². The molecule has 108 valence electrons. The average molecular weight is 293 g/mol. The molecule has 1 aromatic carbocycles. The Morgan fingerprint density at radius 1 is 1.15 bits per heavy atom. The molecule has 0 aromatic heterocycles. The molecule has 1 rings (SSSR count). The van der Waals surface area contributed by atoms with E-state index < -0.39 is 5.97 Å². The highest BCUT2D eigenvalue weighted by atomic mass is 32.2. The zero-order chi connectivity index (χ0) is 15.3. The van der Waals surface area contributed by atoms with Gasteiger partial charge in [-0.2, -0.15) is 0 Å². The predicted molar refractivity (Wildman–Crippen MR) is 80.7 cm³/mol. The molecule has 1 aromatic rings. The van der Waals surface area contributed by atoms with Crippen LogP contribution in [0.2, 0.25) is 0 Å². The van der Waals surface area contributed by atoms with Crippen molar-refractivity contribution in [2.24, 2.45) is 0 Å². The molecule has 20 heavy (non-hydrogen) atoms. The van der Waals surface area contributed by atoms with Crippen LogP contribution in [0.4, 0.5) is 0 Å². The summed E-state index contributed by atoms with van der Waals surface area (Å²) in [5, 5.41) is 8.90. The Hall–Kier alpha value is -1.75. The van der Waals surface area contributed by atoms with E-state index >= 15 is 0 Å². The number of likely N-dealkylation sites (N-methyl/N-ethyl adjacent to an activating group) is 1. The Morgan fingerprint density at radius 2 is 1.70 bits per heavy atom. The lowest BCUT2D eigenvalue weighted by Gasteiger charge is -2.18. The zero-order valence-electron chi connectivity index (χ0n) is 12.1. The number of rotatable bonds is 5. The van der Waals surface area contributed by atoms with Crippen molar-refractivity contribution in [2.45, 2.75) is 25.3 Å². The standard InChI is InChI=1S/C15H19NO3S/c1-10(11(2)15(18)19)14(17)16(3)9-12-5-7-13(20-4)8-6-12/h5-8H,9H2,1-4H3,(H,18,19). The summed E-state index contributed by atoms with van der Waals surface area (Å²) in [5.74, 6) is -1.33. The van der Waals surface area contributed by atoms with E-state index in [1.165, 1.54) is 16.7 Å². The number of carbonyl (C=O) groups excluding carboxylic acids is 1. The number of thioether (sulfide) groups is 1. The van der Waals surface area contributed by atoms with Gasteiger partial charge in [0.05, 0.1) is 0 Å². The van der Waals surface area contributed by atoms with Gasteiger partial charge in [-0.05, 0) is 37.8 Å². The van der Waals surface area contributed by atoms with Crippen molar-refractivity contribution in [3.63, 3.8) is 0 Å². The maximum absolute atomic E-state index is 12.1. The second-order valence-electron chi connectivity index (χ2n) is 4.56. The van der Waals surface area contributed by atoms with Crippen LogP contribution in [0.15, 0.2) is 40.3 Å². The fraction of sp³-hybridized carbons (Fsp3) is 0.333. The van der Waals surface area contributed by atoms with Crippen molar-refractivity contribution in [1.29, 1.82) is 0 Å². The Bertz CT molecular complexity index is 535. The van der Waals surface area contributed by atoms with Crippen LogP contribution in [-0.2, 0) is 16.1 Å². The van der Waals surface area contributed by atoms with Gasteiger partial charge >= 0.3 is 5.97 Å². The van der Waals surface area contributed by atoms with Crippen molar-refractivity contribution in [1.82, 2.24) is 4.90 Å². The van der Waals surface area contributed by atoms with Gasteiger partial charge in [0.2, 0.25) is 5.91 Å². The molecule has 0 atom stereocenters. The van der Waals surface area contributed by atoms with E-state index in [1.807, 2.05) is 30.5 Å². The van der Waals surface area contributed by atoms with E-state index in [0.29, 0.717) is 6.54 Å². The third kappa shape index (κ3) is 4.13. The quantitative estimate of drug-likeness (QED) is 0.670. The van der Waals surface area contributed by atoms with Gasteiger partial charge in [0.1, 0.15) is 0 Å². The molecule has 0 fully saturated rings. The molecule has 5 heteroatoms. The number of aliphatic carboxylic acids is 1. The van der Waals surface area contributed by atoms with Gasteiger partial charge in [-0.15, -0.1) is 11.8 Å². The van der Waals surface area contributed by atoms with E-state index in [0.717, 1.165) is 5.56 Å². The number of carboxylic acid groups (broad SMARTS) is 1. The first kappa shape index (κ1) is 16.3. The number of carboxylic acids is 1. The van der Waals surface area contributed by atoms with Gasteiger partial charge in [0.15, 0.2) is 0 Å². The minimum absolute atomic E-state index is 0.0829. The Labute approximate surface area is 123 Å². The summed E-state index contributed by atoms with van der Waals surface area (Å²) in [5.41, 5.74) is 1.36. The summed E-state index contributed by atoms with van der Waals surface area (Å²) in [6.45, 7) is 3.44. The highest BCUT2D eigenvalue weighted by molar-refractivity contribution is 7.98. The second kappa shape index (κ2) is 7.14. The molecule has 0 heterocycles. The lowest BCUT2D eigenvalue weighted by atomic mass is 10.1. The largest absolute Gasteiger partial charge is 0.478 e. The predicted octanol–water partition coefficient (Wildman–Crippen LogP) is 2.79. The molecule has 0 aliphatic rings. The van der Waals surface area contributed by atoms with Crippen LogP contribution < -0.4 is 0 Å². The fourth-order valence-corrected chi connectivity index (χ4v) is 2.09. The molecule has 0 saturated carbocycles. The van der Waals surface area contributed by atoms with E-state index in [1.54, 1.807) is 25.7 Å². The molecule has 0 radical (unpaired) electrons. The summed E-state index contributed by atoms with van der Waals surface area (Å²) in [7, 11) is 1.67. The van der Waals surface area contributed by atoms with Gasteiger partial charge in [0, 0.05) is 29.6 Å². The lowest BCUT2D eigenvalue weighted by Crippen LogP contribution is -2.28. The summed E-state index contributed by atoms with van der Waals surface area (Å²) in [6, 6.07) is 7.95. The SMILES string of the molecule is CSc1ccc(CN(C)C(=O)C(C)=C(C)C(=O)O)cc1. The van der Waals surface area contributed by atoms with Gasteiger partial charge in [0.25, 0.3) is 0 Å². The summed E-state index contributed by atoms with van der Waals surface area (Å²) in [4.78, 5) is 25.7. The third-order valence-electron chi connectivity index (χ3n) is 3.13. The van der Waals surface area contributed by atoms with Crippen molar-refractivity contribution in [3.8, 4) is 0 Å². The minimum atomic E-state index is -1.06. The monoisotopic (exact) mass is 293 g/mol. The molecule has 0 aliphatic carbocycles. The molecule has 0 saturated heterocycles. The van der Waals surface area contributed by atoms with Crippen molar-refractivity contribution < 1.29 is 14.7 Å².